The van der Waals surface area contributed by atoms with Gasteiger partial charge in [-0.2, -0.15) is 0 Å². The molecule has 2 aliphatic rings. The van der Waals surface area contributed by atoms with Gasteiger partial charge >= 0.3 is 12.0 Å². The molecule has 0 saturated carbocycles. The van der Waals surface area contributed by atoms with E-state index >= 15 is 0 Å². The second-order valence-corrected chi connectivity index (χ2v) is 5.05. The Kier molecular flexibility index (Phi) is 2.92. The Balaban J connectivity index is 1.76. The first-order chi connectivity index (χ1) is 9.54. The van der Waals surface area contributed by atoms with E-state index in [1.54, 1.807) is 27.7 Å². The molecule has 0 spiro atoms. The summed E-state index contributed by atoms with van der Waals surface area (Å²) in [4.78, 5) is 25.9. The van der Waals surface area contributed by atoms with Crippen LogP contribution in [0.3, 0.4) is 0 Å². The molecule has 2 aliphatic heterocycles. The lowest BCUT2D eigenvalue weighted by Gasteiger charge is -2.20. The standard InChI is InChI=1S/C12H15N5O3/c1-15-9-4-10(7-16(6-9)12(15)20)17-5-8(13-14-17)2-3-11(18)19/h4-5,9H,2-3,6-7H2,1H3,(H,18,19). The fourth-order valence-electron chi connectivity index (χ4n) is 2.50. The highest BCUT2D eigenvalue weighted by molar-refractivity contribution is 5.80. The second-order valence-electron chi connectivity index (χ2n) is 5.05. The first-order valence-corrected chi connectivity index (χ1v) is 6.40. The molecule has 1 aromatic rings. The zero-order chi connectivity index (χ0) is 14.3. The van der Waals surface area contributed by atoms with E-state index in [1.165, 1.54) is 0 Å². The maximum absolute atomic E-state index is 11.9. The summed E-state index contributed by atoms with van der Waals surface area (Å²) in [5.41, 5.74) is 1.54. The number of nitrogens with zero attached hydrogens (tertiary/aromatic N) is 5. The third kappa shape index (κ3) is 2.13. The van der Waals surface area contributed by atoms with Crippen molar-refractivity contribution in [1.29, 1.82) is 0 Å². The number of amides is 2. The van der Waals surface area contributed by atoms with E-state index in [4.69, 9.17) is 5.11 Å². The molecule has 1 aromatic heterocycles. The molecule has 8 heteroatoms. The number of fused-ring (bicyclic) bond motifs is 2. The monoisotopic (exact) mass is 277 g/mol. The van der Waals surface area contributed by atoms with Crippen molar-refractivity contribution in [2.75, 3.05) is 20.1 Å². The number of carboxylic acids is 1. The molecule has 3 heterocycles. The summed E-state index contributed by atoms with van der Waals surface area (Å²) in [5, 5.41) is 16.6. The predicted molar refractivity (Wildman–Crippen MR) is 68.8 cm³/mol. The smallest absolute Gasteiger partial charge is 0.320 e. The van der Waals surface area contributed by atoms with Gasteiger partial charge in [-0.25, -0.2) is 9.48 Å². The first-order valence-electron chi connectivity index (χ1n) is 6.40. The summed E-state index contributed by atoms with van der Waals surface area (Å²) in [7, 11) is 1.78. The molecular weight excluding hydrogens is 262 g/mol. The minimum Gasteiger partial charge on any atom is -0.481 e. The zero-order valence-corrected chi connectivity index (χ0v) is 11.1. The lowest BCUT2D eigenvalue weighted by molar-refractivity contribution is -0.136. The van der Waals surface area contributed by atoms with Gasteiger partial charge in [0.1, 0.15) is 0 Å². The Morgan fingerprint density at radius 1 is 1.55 bits per heavy atom. The minimum atomic E-state index is -0.854. The predicted octanol–water partition coefficient (Wildman–Crippen LogP) is -0.114. The van der Waals surface area contributed by atoms with E-state index < -0.39 is 5.97 Å². The number of hydrogen-bond donors (Lipinski definition) is 1. The maximum Gasteiger partial charge on any atom is 0.320 e. The van der Waals surface area contributed by atoms with Gasteiger partial charge in [-0.05, 0) is 6.08 Å². The van der Waals surface area contributed by atoms with Crippen LogP contribution in [-0.4, -0.2) is 68.1 Å². The van der Waals surface area contributed by atoms with Gasteiger partial charge in [-0.1, -0.05) is 5.21 Å². The number of aromatic nitrogens is 3. The number of hydrogen-bond acceptors (Lipinski definition) is 4. The van der Waals surface area contributed by atoms with Gasteiger partial charge in [0.2, 0.25) is 0 Å². The van der Waals surface area contributed by atoms with Gasteiger partial charge in [0.15, 0.2) is 0 Å². The average molecular weight is 277 g/mol. The van der Waals surface area contributed by atoms with E-state index in [0.29, 0.717) is 25.2 Å². The van der Waals surface area contributed by atoms with Crippen LogP contribution in [0.1, 0.15) is 12.1 Å². The number of carbonyl (C=O) groups excluding carboxylic acids is 1. The molecular formula is C12H15N5O3. The first kappa shape index (κ1) is 12.6. The summed E-state index contributed by atoms with van der Waals surface area (Å²) < 4.78 is 1.63. The Hall–Kier alpha value is -2.38. The van der Waals surface area contributed by atoms with Gasteiger partial charge < -0.3 is 14.9 Å². The van der Waals surface area contributed by atoms with Gasteiger partial charge in [0, 0.05) is 20.0 Å². The third-order valence-corrected chi connectivity index (χ3v) is 3.64. The van der Waals surface area contributed by atoms with Gasteiger partial charge in [-0.15, -0.1) is 5.10 Å². The van der Waals surface area contributed by atoms with Crippen molar-refractivity contribution in [3.8, 4) is 0 Å². The Labute approximate surface area is 115 Å². The molecule has 0 aromatic carbocycles. The average Bonchev–Trinajstić information content (AvgIpc) is 2.98. The minimum absolute atomic E-state index is 0.0208. The Morgan fingerprint density at radius 3 is 3.05 bits per heavy atom. The van der Waals surface area contributed by atoms with Crippen LogP contribution < -0.4 is 0 Å². The summed E-state index contributed by atoms with van der Waals surface area (Å²) in [6.45, 7) is 1.21. The quantitative estimate of drug-likeness (QED) is 0.828. The molecule has 1 unspecified atom stereocenters. The zero-order valence-electron chi connectivity index (χ0n) is 11.1. The maximum atomic E-state index is 11.9. The summed E-state index contributed by atoms with van der Waals surface area (Å²) >= 11 is 0. The summed E-state index contributed by atoms with van der Waals surface area (Å²) in [5.74, 6) is -0.854. The molecule has 0 radical (unpaired) electrons. The number of urea groups is 1. The lowest BCUT2D eigenvalue weighted by Crippen LogP contribution is -2.31. The van der Waals surface area contributed by atoms with E-state index in [-0.39, 0.29) is 18.5 Å². The van der Waals surface area contributed by atoms with Crippen molar-refractivity contribution in [2.24, 2.45) is 0 Å². The van der Waals surface area contributed by atoms with Crippen LogP contribution in [0.4, 0.5) is 4.79 Å². The van der Waals surface area contributed by atoms with Crippen LogP contribution in [-0.2, 0) is 11.2 Å². The van der Waals surface area contributed by atoms with Crippen molar-refractivity contribution >= 4 is 17.7 Å². The van der Waals surface area contributed by atoms with Crippen LogP contribution in [0.25, 0.3) is 5.70 Å². The number of rotatable bonds is 4. The Morgan fingerprint density at radius 2 is 2.35 bits per heavy atom. The number of aliphatic carboxylic acids is 1. The van der Waals surface area contributed by atoms with E-state index in [0.717, 1.165) is 5.70 Å². The summed E-state index contributed by atoms with van der Waals surface area (Å²) in [6, 6.07) is 0.0883. The van der Waals surface area contributed by atoms with E-state index in [1.807, 2.05) is 6.08 Å². The van der Waals surface area contributed by atoms with Crippen LogP contribution in [0, 0.1) is 0 Å². The van der Waals surface area contributed by atoms with Gasteiger partial charge in [-0.3, -0.25) is 4.79 Å². The topological polar surface area (TPSA) is 91.6 Å². The van der Waals surface area contributed by atoms with Crippen LogP contribution in [0.15, 0.2) is 12.3 Å². The van der Waals surface area contributed by atoms with Crippen molar-refractivity contribution in [3.05, 3.63) is 18.0 Å². The molecule has 1 atom stereocenters. The van der Waals surface area contributed by atoms with Crippen molar-refractivity contribution in [1.82, 2.24) is 24.8 Å². The third-order valence-electron chi connectivity index (χ3n) is 3.64. The molecule has 3 rings (SSSR count). The molecule has 1 fully saturated rings. The molecule has 2 amide bonds. The normalized spacial score (nSPS) is 21.4. The van der Waals surface area contributed by atoms with Crippen molar-refractivity contribution < 1.29 is 14.7 Å². The molecule has 106 valence electrons. The van der Waals surface area contributed by atoms with E-state index in [2.05, 4.69) is 10.3 Å². The van der Waals surface area contributed by atoms with Crippen molar-refractivity contribution in [3.63, 3.8) is 0 Å². The second kappa shape index (κ2) is 4.62. The summed E-state index contributed by atoms with van der Waals surface area (Å²) in [6.07, 6.45) is 4.13. The highest BCUT2D eigenvalue weighted by Gasteiger charge is 2.37. The number of aryl methyl sites for hydroxylation is 1. The highest BCUT2D eigenvalue weighted by atomic mass is 16.4. The number of carboxylic acid groups (broad SMARTS) is 1. The highest BCUT2D eigenvalue weighted by Crippen LogP contribution is 2.24. The fourth-order valence-corrected chi connectivity index (χ4v) is 2.50. The van der Waals surface area contributed by atoms with Gasteiger partial charge in [0.25, 0.3) is 0 Å². The van der Waals surface area contributed by atoms with Gasteiger partial charge in [0.05, 0.1) is 36.6 Å². The fraction of sp³-hybridized carbons (Fsp3) is 0.500. The molecule has 1 N–H and O–H groups in total. The molecule has 2 bridgehead atoms. The molecule has 0 aliphatic carbocycles. The Bertz CT molecular complexity index is 594. The van der Waals surface area contributed by atoms with Crippen molar-refractivity contribution in [2.45, 2.75) is 18.9 Å². The number of carbonyl (C=O) groups is 2. The van der Waals surface area contributed by atoms with E-state index in [9.17, 15) is 9.59 Å². The van der Waals surface area contributed by atoms with Crippen LogP contribution in [0.2, 0.25) is 0 Å². The molecule has 8 nitrogen and oxygen atoms in total. The van der Waals surface area contributed by atoms with Crippen LogP contribution >= 0.6 is 0 Å². The number of likely N-dealkylation sites (N-methyl/N-ethyl adjacent to an activating group) is 1. The largest absolute Gasteiger partial charge is 0.481 e. The van der Waals surface area contributed by atoms with Crippen LogP contribution in [0.5, 0.6) is 0 Å². The molecule has 1 saturated heterocycles. The lowest BCUT2D eigenvalue weighted by atomic mass is 10.2. The SMILES string of the molecule is CN1C(=O)N2CC(n3cc(CCC(=O)O)nn3)=CC1C2. The molecule has 20 heavy (non-hydrogen) atoms.